The zero-order valence-corrected chi connectivity index (χ0v) is 12.3. The average molecular weight is 292 g/mol. The van der Waals surface area contributed by atoms with Crippen molar-refractivity contribution >= 4 is 18.3 Å². The third-order valence-corrected chi connectivity index (χ3v) is 3.76. The van der Waals surface area contributed by atoms with Gasteiger partial charge in [0, 0.05) is 25.6 Å². The van der Waals surface area contributed by atoms with E-state index in [1.807, 2.05) is 0 Å². The van der Waals surface area contributed by atoms with Gasteiger partial charge < -0.3 is 15.4 Å². The highest BCUT2D eigenvalue weighted by molar-refractivity contribution is 5.85. The number of piperidine rings is 1. The maximum atomic E-state index is 11.9. The van der Waals surface area contributed by atoms with Crippen LogP contribution in [0.5, 0.6) is 0 Å². The number of rotatable bonds is 5. The molecule has 2 heterocycles. The molecule has 0 aromatic rings. The number of ether oxygens (including phenoxy) is 1. The summed E-state index contributed by atoms with van der Waals surface area (Å²) in [4.78, 5) is 14.3. The summed E-state index contributed by atoms with van der Waals surface area (Å²) >= 11 is 0. The van der Waals surface area contributed by atoms with Crippen LogP contribution in [-0.2, 0) is 9.53 Å². The van der Waals surface area contributed by atoms with Gasteiger partial charge >= 0.3 is 0 Å². The molecule has 0 aromatic carbocycles. The number of amides is 1. The molecule has 2 saturated heterocycles. The van der Waals surface area contributed by atoms with Crippen LogP contribution in [-0.4, -0.2) is 63.3 Å². The summed E-state index contributed by atoms with van der Waals surface area (Å²) in [5.41, 5.74) is 0. The Morgan fingerprint density at radius 2 is 1.95 bits per heavy atom. The Balaban J connectivity index is 0.00000180. The third kappa shape index (κ3) is 6.08. The van der Waals surface area contributed by atoms with E-state index in [0.29, 0.717) is 0 Å². The van der Waals surface area contributed by atoms with Gasteiger partial charge in [-0.2, -0.15) is 0 Å². The van der Waals surface area contributed by atoms with E-state index in [9.17, 15) is 4.79 Å². The Bertz CT molecular complexity index is 254. The number of halogens is 1. The van der Waals surface area contributed by atoms with Gasteiger partial charge in [-0.05, 0) is 38.9 Å². The van der Waals surface area contributed by atoms with Crippen LogP contribution in [0.2, 0.25) is 0 Å². The molecule has 0 spiro atoms. The second-order valence-electron chi connectivity index (χ2n) is 5.12. The van der Waals surface area contributed by atoms with E-state index < -0.39 is 0 Å². The van der Waals surface area contributed by atoms with Gasteiger partial charge in [-0.25, -0.2) is 0 Å². The molecule has 0 atom stereocenters. The molecule has 2 aliphatic heterocycles. The van der Waals surface area contributed by atoms with Crippen molar-refractivity contribution in [2.45, 2.75) is 19.3 Å². The van der Waals surface area contributed by atoms with Crippen molar-refractivity contribution in [1.29, 1.82) is 0 Å². The van der Waals surface area contributed by atoms with Crippen molar-refractivity contribution in [2.24, 2.45) is 5.92 Å². The van der Waals surface area contributed by atoms with E-state index in [1.165, 1.54) is 0 Å². The fourth-order valence-electron chi connectivity index (χ4n) is 2.57. The van der Waals surface area contributed by atoms with Crippen molar-refractivity contribution < 1.29 is 9.53 Å². The minimum absolute atomic E-state index is 0. The highest BCUT2D eigenvalue weighted by Crippen LogP contribution is 2.11. The standard InChI is InChI=1S/C13H25N3O2.ClH/c17-13(12-2-5-14-6-3-12)15-4-1-7-16-8-10-18-11-9-16;/h12,14H,1-11H2,(H,15,17);1H. The highest BCUT2D eigenvalue weighted by Gasteiger charge is 2.20. The Morgan fingerprint density at radius 3 is 2.63 bits per heavy atom. The molecule has 0 unspecified atom stereocenters. The molecule has 1 amide bonds. The van der Waals surface area contributed by atoms with Gasteiger partial charge in [-0.15, -0.1) is 12.4 Å². The first-order valence-corrected chi connectivity index (χ1v) is 7.15. The molecule has 0 bridgehead atoms. The quantitative estimate of drug-likeness (QED) is 0.713. The predicted molar refractivity (Wildman–Crippen MR) is 77.7 cm³/mol. The summed E-state index contributed by atoms with van der Waals surface area (Å²) in [5, 5.41) is 6.35. The first kappa shape index (κ1) is 16.7. The molecule has 0 radical (unpaired) electrons. The zero-order chi connectivity index (χ0) is 12.6. The summed E-state index contributed by atoms with van der Waals surface area (Å²) in [6, 6.07) is 0. The van der Waals surface area contributed by atoms with Crippen LogP contribution in [0.25, 0.3) is 0 Å². The number of morpholine rings is 1. The zero-order valence-electron chi connectivity index (χ0n) is 11.5. The summed E-state index contributed by atoms with van der Waals surface area (Å²) in [7, 11) is 0. The van der Waals surface area contributed by atoms with Crippen LogP contribution < -0.4 is 10.6 Å². The second kappa shape index (κ2) is 9.53. The topological polar surface area (TPSA) is 53.6 Å². The minimum Gasteiger partial charge on any atom is -0.379 e. The van der Waals surface area contributed by atoms with E-state index in [2.05, 4.69) is 15.5 Å². The summed E-state index contributed by atoms with van der Waals surface area (Å²) in [5.74, 6) is 0.480. The summed E-state index contributed by atoms with van der Waals surface area (Å²) < 4.78 is 5.31. The van der Waals surface area contributed by atoms with Gasteiger partial charge in [-0.1, -0.05) is 0 Å². The van der Waals surface area contributed by atoms with E-state index in [0.717, 1.165) is 71.7 Å². The lowest BCUT2D eigenvalue weighted by atomic mass is 9.97. The molecule has 2 N–H and O–H groups in total. The van der Waals surface area contributed by atoms with Crippen molar-refractivity contribution in [2.75, 3.05) is 52.5 Å². The molecular formula is C13H26ClN3O2. The largest absolute Gasteiger partial charge is 0.379 e. The average Bonchev–Trinajstić information content (AvgIpc) is 2.45. The van der Waals surface area contributed by atoms with E-state index in [4.69, 9.17) is 4.74 Å². The van der Waals surface area contributed by atoms with E-state index in [-0.39, 0.29) is 24.2 Å². The number of nitrogens with zero attached hydrogens (tertiary/aromatic N) is 1. The van der Waals surface area contributed by atoms with Gasteiger partial charge in [0.25, 0.3) is 0 Å². The normalized spacial score (nSPS) is 21.7. The fourth-order valence-corrected chi connectivity index (χ4v) is 2.57. The second-order valence-corrected chi connectivity index (χ2v) is 5.12. The van der Waals surface area contributed by atoms with Gasteiger partial charge in [0.05, 0.1) is 13.2 Å². The predicted octanol–water partition coefficient (Wildman–Crippen LogP) is 0.246. The summed E-state index contributed by atoms with van der Waals surface area (Å²) in [6.07, 6.45) is 3.00. The highest BCUT2D eigenvalue weighted by atomic mass is 35.5. The molecule has 2 rings (SSSR count). The molecule has 19 heavy (non-hydrogen) atoms. The Hall–Kier alpha value is -0.360. The van der Waals surface area contributed by atoms with Crippen LogP contribution in [0.3, 0.4) is 0 Å². The molecule has 5 nitrogen and oxygen atoms in total. The van der Waals surface area contributed by atoms with Gasteiger partial charge in [-0.3, -0.25) is 9.69 Å². The molecule has 2 fully saturated rings. The molecule has 0 saturated carbocycles. The van der Waals surface area contributed by atoms with Crippen molar-refractivity contribution in [3.63, 3.8) is 0 Å². The SMILES string of the molecule is Cl.O=C(NCCCN1CCOCC1)C1CCNCC1. The first-order valence-electron chi connectivity index (χ1n) is 7.15. The first-order chi connectivity index (χ1) is 8.86. The van der Waals surface area contributed by atoms with Crippen molar-refractivity contribution in [3.05, 3.63) is 0 Å². The smallest absolute Gasteiger partial charge is 0.223 e. The number of hydrogen-bond donors (Lipinski definition) is 2. The number of carbonyl (C=O) groups is 1. The molecule has 0 aromatic heterocycles. The van der Waals surface area contributed by atoms with E-state index >= 15 is 0 Å². The maximum Gasteiger partial charge on any atom is 0.223 e. The maximum absolute atomic E-state index is 11.9. The number of carbonyl (C=O) groups excluding carboxylic acids is 1. The monoisotopic (exact) mass is 291 g/mol. The van der Waals surface area contributed by atoms with Gasteiger partial charge in [0.15, 0.2) is 0 Å². The van der Waals surface area contributed by atoms with Crippen LogP contribution in [0, 0.1) is 5.92 Å². The Morgan fingerprint density at radius 1 is 1.26 bits per heavy atom. The lowest BCUT2D eigenvalue weighted by Crippen LogP contribution is -2.40. The molecule has 0 aliphatic carbocycles. The molecular weight excluding hydrogens is 266 g/mol. The molecule has 6 heteroatoms. The van der Waals surface area contributed by atoms with E-state index in [1.54, 1.807) is 0 Å². The Kier molecular flexibility index (Phi) is 8.37. The number of hydrogen-bond acceptors (Lipinski definition) is 4. The van der Waals surface area contributed by atoms with Crippen molar-refractivity contribution in [3.8, 4) is 0 Å². The van der Waals surface area contributed by atoms with Crippen molar-refractivity contribution in [1.82, 2.24) is 15.5 Å². The van der Waals surface area contributed by atoms with Crippen LogP contribution in [0.1, 0.15) is 19.3 Å². The minimum atomic E-state index is 0. The van der Waals surface area contributed by atoms with Crippen LogP contribution in [0.15, 0.2) is 0 Å². The van der Waals surface area contributed by atoms with Gasteiger partial charge in [0.2, 0.25) is 5.91 Å². The van der Waals surface area contributed by atoms with Crippen LogP contribution >= 0.6 is 12.4 Å². The number of nitrogens with one attached hydrogen (secondary N) is 2. The lowest BCUT2D eigenvalue weighted by Gasteiger charge is -2.26. The molecule has 112 valence electrons. The Labute approximate surface area is 121 Å². The van der Waals surface area contributed by atoms with Crippen LogP contribution in [0.4, 0.5) is 0 Å². The molecule has 2 aliphatic rings. The fraction of sp³-hybridized carbons (Fsp3) is 0.923. The third-order valence-electron chi connectivity index (χ3n) is 3.76. The lowest BCUT2D eigenvalue weighted by molar-refractivity contribution is -0.125. The van der Waals surface area contributed by atoms with Gasteiger partial charge in [0.1, 0.15) is 0 Å². The summed E-state index contributed by atoms with van der Waals surface area (Å²) in [6.45, 7) is 7.58.